The van der Waals surface area contributed by atoms with E-state index in [0.29, 0.717) is 6.61 Å². The summed E-state index contributed by atoms with van der Waals surface area (Å²) in [6, 6.07) is 7.70. The van der Waals surface area contributed by atoms with Crippen molar-refractivity contribution >= 4 is 11.8 Å². The number of para-hydroxylation sites is 2. The van der Waals surface area contributed by atoms with Crippen LogP contribution in [0.15, 0.2) is 24.3 Å². The molecule has 2 N–H and O–H groups in total. The molecule has 0 amide bonds. The van der Waals surface area contributed by atoms with E-state index in [1.165, 1.54) is 64.2 Å². The van der Waals surface area contributed by atoms with Gasteiger partial charge < -0.3 is 14.6 Å². The summed E-state index contributed by atoms with van der Waals surface area (Å²) in [6.45, 7) is 8.03. The number of rotatable bonds is 14. The molecule has 0 aromatic heterocycles. The van der Waals surface area contributed by atoms with Gasteiger partial charge in [0, 0.05) is 12.6 Å². The summed E-state index contributed by atoms with van der Waals surface area (Å²) < 4.78 is 11.6. The average Bonchev–Trinajstić information content (AvgIpc) is 2.74. The summed E-state index contributed by atoms with van der Waals surface area (Å²) in [5.41, 5.74) is 0.736. The Hall–Kier alpha value is -1.75. The standard InChI is InChI=1S/C25H42N2O3/c1-3-4-5-6-7-8-9-15-20-29-24-17-12-11-16-23(24)26-25(28)30-22(2)21-27-18-13-10-14-19-27/h11-12,16-17,22H,3-10,13-15,18-21H2,1-2H3,(H,26,28)/p+1/t22-/m1/s1. The third-order valence-corrected chi connectivity index (χ3v) is 5.66. The molecule has 1 aromatic carbocycles. The Morgan fingerprint density at radius 3 is 2.40 bits per heavy atom. The molecular formula is C25H43N2O3+. The molecule has 170 valence electrons. The number of nitrogens with zero attached hydrogens (tertiary/aromatic N) is 1. The lowest BCUT2D eigenvalue weighted by Gasteiger charge is -2.28. The van der Waals surface area contributed by atoms with Gasteiger partial charge in [-0.1, -0.05) is 70.4 Å². The number of hydrogen-bond donors (Lipinski definition) is 2. The van der Waals surface area contributed by atoms with E-state index in [1.807, 2.05) is 31.2 Å². The number of benzene rings is 1. The van der Waals surface area contributed by atoms with E-state index in [-0.39, 0.29) is 12.2 Å². The van der Waals surface area contributed by atoms with Crippen molar-refractivity contribution in [1.29, 1.82) is 0 Å². The summed E-state index contributed by atoms with van der Waals surface area (Å²) in [6.07, 6.45) is 13.8. The van der Waals surface area contributed by atoms with Gasteiger partial charge in [0.05, 0.1) is 6.61 Å². The number of aliphatic hydroxyl groups excluding tert-OH is 1. The lowest BCUT2D eigenvalue weighted by molar-refractivity contribution is -0.384. The fourth-order valence-corrected chi connectivity index (χ4v) is 3.99. The Kier molecular flexibility index (Phi) is 12.4. The first-order valence-electron chi connectivity index (χ1n) is 12.1. The molecule has 30 heavy (non-hydrogen) atoms. The molecule has 1 aliphatic rings. The fraction of sp³-hybridized carbons (Fsp3) is 0.720. The van der Waals surface area contributed by atoms with E-state index in [4.69, 9.17) is 9.47 Å². The second-order valence-corrected chi connectivity index (χ2v) is 8.54. The Labute approximate surface area is 183 Å². The topological polar surface area (TPSA) is 55.9 Å². The highest BCUT2D eigenvalue weighted by Gasteiger charge is 2.18. The van der Waals surface area contributed by atoms with Gasteiger partial charge in [-0.25, -0.2) is 0 Å². The zero-order chi connectivity index (χ0) is 21.4. The predicted octanol–water partition coefficient (Wildman–Crippen LogP) is 4.72. The molecule has 0 spiro atoms. The van der Waals surface area contributed by atoms with Crippen molar-refractivity contribution in [2.45, 2.75) is 90.6 Å². The van der Waals surface area contributed by atoms with Crippen LogP contribution in [0.4, 0.5) is 5.69 Å². The molecule has 0 aliphatic carbocycles. The van der Waals surface area contributed by atoms with Gasteiger partial charge in [-0.05, 0) is 45.3 Å². The van der Waals surface area contributed by atoms with Gasteiger partial charge in [0.2, 0.25) is 0 Å². The lowest BCUT2D eigenvalue weighted by Crippen LogP contribution is -2.67. The number of likely N-dealkylation sites (tertiary alicyclic amines) is 1. The molecule has 0 unspecified atom stereocenters. The number of piperidine rings is 1. The van der Waals surface area contributed by atoms with Crippen LogP contribution in [-0.2, 0) is 4.74 Å². The zero-order valence-corrected chi connectivity index (χ0v) is 19.2. The SMILES string of the molecule is CCCCCCCCCCOc1ccccc1[NH+]=C(O)O[C@H](C)CN1CCCCC1. The van der Waals surface area contributed by atoms with E-state index in [9.17, 15) is 5.11 Å². The van der Waals surface area contributed by atoms with Crippen molar-refractivity contribution in [3.8, 4) is 5.75 Å². The monoisotopic (exact) mass is 419 g/mol. The van der Waals surface area contributed by atoms with Crippen LogP contribution >= 0.6 is 0 Å². The van der Waals surface area contributed by atoms with Crippen molar-refractivity contribution in [1.82, 2.24) is 4.90 Å². The third kappa shape index (κ3) is 10.3. The van der Waals surface area contributed by atoms with Crippen LogP contribution in [0.25, 0.3) is 0 Å². The first-order chi connectivity index (χ1) is 14.7. The van der Waals surface area contributed by atoms with Gasteiger partial charge in [-0.15, -0.1) is 4.99 Å². The van der Waals surface area contributed by atoms with Crippen LogP contribution in [0.1, 0.15) is 84.5 Å². The first kappa shape index (κ1) is 24.5. The zero-order valence-electron chi connectivity index (χ0n) is 19.2. The van der Waals surface area contributed by atoms with Gasteiger partial charge in [-0.2, -0.15) is 0 Å². The van der Waals surface area contributed by atoms with Crippen LogP contribution in [-0.4, -0.2) is 48.4 Å². The highest BCUT2D eigenvalue weighted by Crippen LogP contribution is 2.19. The van der Waals surface area contributed by atoms with Gasteiger partial charge in [0.1, 0.15) is 6.10 Å². The molecule has 1 aliphatic heterocycles. The fourth-order valence-electron chi connectivity index (χ4n) is 3.99. The molecule has 5 heteroatoms. The van der Waals surface area contributed by atoms with Crippen LogP contribution in [0, 0.1) is 0 Å². The lowest BCUT2D eigenvalue weighted by atomic mass is 10.1. The maximum absolute atomic E-state index is 10.3. The number of unbranched alkanes of at least 4 members (excludes halogenated alkanes) is 7. The number of hydrogen-bond acceptors (Lipinski definition) is 3. The highest BCUT2D eigenvalue weighted by molar-refractivity contribution is 5.60. The second-order valence-electron chi connectivity index (χ2n) is 8.54. The molecule has 0 saturated carbocycles. The molecule has 1 aromatic rings. The van der Waals surface area contributed by atoms with Crippen LogP contribution in [0.2, 0.25) is 0 Å². The third-order valence-electron chi connectivity index (χ3n) is 5.66. The van der Waals surface area contributed by atoms with Crippen LogP contribution in [0.3, 0.4) is 0 Å². The van der Waals surface area contributed by atoms with E-state index < -0.39 is 0 Å². The van der Waals surface area contributed by atoms with Gasteiger partial charge >= 0.3 is 6.08 Å². The summed E-state index contributed by atoms with van der Waals surface area (Å²) in [5, 5.41) is 10.3. The molecule has 2 rings (SSSR count). The van der Waals surface area contributed by atoms with E-state index in [1.54, 1.807) is 0 Å². The summed E-state index contributed by atoms with van der Waals surface area (Å²) in [7, 11) is 0. The van der Waals surface area contributed by atoms with E-state index in [0.717, 1.165) is 37.5 Å². The quantitative estimate of drug-likeness (QED) is 0.260. The highest BCUT2D eigenvalue weighted by atomic mass is 16.6. The molecule has 1 saturated heterocycles. The Morgan fingerprint density at radius 2 is 1.67 bits per heavy atom. The second kappa shape index (κ2) is 15.1. The smallest absolute Gasteiger partial charge is 0.487 e. The van der Waals surface area contributed by atoms with Crippen molar-refractivity contribution in [2.75, 3.05) is 26.2 Å². The minimum absolute atomic E-state index is 0.0685. The van der Waals surface area contributed by atoms with Crippen molar-refractivity contribution in [2.24, 2.45) is 0 Å². The maximum atomic E-state index is 10.3. The molecule has 0 radical (unpaired) electrons. The maximum Gasteiger partial charge on any atom is 0.551 e. The molecule has 1 heterocycles. The number of nitrogens with one attached hydrogen (secondary N) is 1. The van der Waals surface area contributed by atoms with Crippen molar-refractivity contribution in [3.05, 3.63) is 24.3 Å². The molecule has 1 atom stereocenters. The average molecular weight is 420 g/mol. The summed E-state index contributed by atoms with van der Waals surface area (Å²) in [5.74, 6) is 0.749. The first-order valence-corrected chi connectivity index (χ1v) is 12.1. The van der Waals surface area contributed by atoms with Crippen molar-refractivity contribution < 1.29 is 19.6 Å². The minimum Gasteiger partial charge on any atom is -0.487 e. The van der Waals surface area contributed by atoms with E-state index >= 15 is 0 Å². The molecular weight excluding hydrogens is 376 g/mol. The summed E-state index contributed by atoms with van der Waals surface area (Å²) in [4.78, 5) is 5.37. The van der Waals surface area contributed by atoms with Crippen LogP contribution < -0.4 is 9.73 Å². The largest absolute Gasteiger partial charge is 0.551 e. The molecule has 5 nitrogen and oxygen atoms in total. The Morgan fingerprint density at radius 1 is 1.00 bits per heavy atom. The van der Waals surface area contributed by atoms with Gasteiger partial charge in [-0.3, -0.25) is 4.90 Å². The Bertz CT molecular complexity index is 600. The van der Waals surface area contributed by atoms with E-state index in [2.05, 4.69) is 16.8 Å². The van der Waals surface area contributed by atoms with Gasteiger partial charge in [0.25, 0.3) is 5.69 Å². The number of aliphatic hydroxyl groups is 1. The van der Waals surface area contributed by atoms with Crippen LogP contribution in [0.5, 0.6) is 5.75 Å². The van der Waals surface area contributed by atoms with Crippen molar-refractivity contribution in [3.63, 3.8) is 0 Å². The normalized spacial score (nSPS) is 16.4. The number of ether oxygens (including phenoxy) is 2. The minimum atomic E-state index is -0.164. The molecule has 1 fully saturated rings. The predicted molar refractivity (Wildman–Crippen MR) is 124 cm³/mol. The Balaban J connectivity index is 1.71. The summed E-state index contributed by atoms with van der Waals surface area (Å²) >= 11 is 0. The molecule has 0 bridgehead atoms. The van der Waals surface area contributed by atoms with Gasteiger partial charge in [0.15, 0.2) is 5.75 Å².